The molecule has 0 spiro atoms. The van der Waals surface area contributed by atoms with Crippen molar-refractivity contribution in [2.45, 2.75) is 20.8 Å². The van der Waals surface area contributed by atoms with Crippen LogP contribution < -0.4 is 10.6 Å². The Kier molecular flexibility index (Phi) is 8.56. The van der Waals surface area contributed by atoms with E-state index in [0.717, 1.165) is 0 Å². The number of hydrogen-bond acceptors (Lipinski definition) is 7. The second kappa shape index (κ2) is 10.1. The van der Waals surface area contributed by atoms with Crippen molar-refractivity contribution in [2.24, 2.45) is 0 Å². The number of aromatic amines is 1. The minimum absolute atomic E-state index is 0.0805. The Morgan fingerprint density at radius 3 is 2.58 bits per heavy atom. The van der Waals surface area contributed by atoms with Gasteiger partial charge in [-0.15, -0.1) is 0 Å². The lowest BCUT2D eigenvalue weighted by Gasteiger charge is -2.19. The quantitative estimate of drug-likeness (QED) is 0.386. The van der Waals surface area contributed by atoms with E-state index in [0.29, 0.717) is 0 Å². The SMILES string of the molecule is CCOP(=O)(/C=C/COCN(C(C)=O)c1cc[nH]c(=O)n1)OCC. The molecule has 0 aromatic carbocycles. The highest BCUT2D eigenvalue weighted by atomic mass is 31.2. The van der Waals surface area contributed by atoms with E-state index in [1.54, 1.807) is 13.8 Å². The average molecular weight is 359 g/mol. The summed E-state index contributed by atoms with van der Waals surface area (Å²) in [6.45, 7) is 5.26. The zero-order valence-corrected chi connectivity index (χ0v) is 14.8. The predicted octanol–water partition coefficient (Wildman–Crippen LogP) is 1.88. The lowest BCUT2D eigenvalue weighted by molar-refractivity contribution is -0.117. The van der Waals surface area contributed by atoms with E-state index in [2.05, 4.69) is 9.97 Å². The number of aromatic nitrogens is 2. The van der Waals surface area contributed by atoms with Crippen LogP contribution in [0.1, 0.15) is 20.8 Å². The van der Waals surface area contributed by atoms with Gasteiger partial charge in [0.2, 0.25) is 5.91 Å². The van der Waals surface area contributed by atoms with E-state index < -0.39 is 13.3 Å². The van der Waals surface area contributed by atoms with Gasteiger partial charge in [0, 0.05) is 18.9 Å². The zero-order valence-electron chi connectivity index (χ0n) is 13.9. The van der Waals surface area contributed by atoms with Crippen LogP contribution >= 0.6 is 7.60 Å². The zero-order chi connectivity index (χ0) is 18.0. The van der Waals surface area contributed by atoms with Crippen molar-refractivity contribution < 1.29 is 23.1 Å². The fourth-order valence-electron chi connectivity index (χ4n) is 1.70. The van der Waals surface area contributed by atoms with Gasteiger partial charge >= 0.3 is 13.3 Å². The molecule has 134 valence electrons. The molecule has 1 N–H and O–H groups in total. The van der Waals surface area contributed by atoms with Gasteiger partial charge in [-0.05, 0) is 19.9 Å². The monoisotopic (exact) mass is 359 g/mol. The smallest absolute Gasteiger partial charge is 0.353 e. The number of carbonyl (C=O) groups excluding carboxylic acids is 1. The van der Waals surface area contributed by atoms with E-state index in [4.69, 9.17) is 13.8 Å². The number of nitrogens with one attached hydrogen (secondary N) is 1. The third-order valence-corrected chi connectivity index (χ3v) is 4.46. The third-order valence-electron chi connectivity index (χ3n) is 2.65. The summed E-state index contributed by atoms with van der Waals surface area (Å²) < 4.78 is 27.7. The molecule has 1 rings (SSSR count). The maximum absolute atomic E-state index is 12.2. The lowest BCUT2D eigenvalue weighted by Crippen LogP contribution is -2.33. The first-order valence-corrected chi connectivity index (χ1v) is 9.01. The van der Waals surface area contributed by atoms with Crippen molar-refractivity contribution in [3.63, 3.8) is 0 Å². The first-order valence-electron chi connectivity index (χ1n) is 7.40. The van der Waals surface area contributed by atoms with E-state index in [9.17, 15) is 14.2 Å². The molecule has 9 nitrogen and oxygen atoms in total. The van der Waals surface area contributed by atoms with Crippen molar-refractivity contribution in [3.05, 3.63) is 34.6 Å². The number of amides is 1. The molecule has 0 saturated carbocycles. The summed E-state index contributed by atoms with van der Waals surface area (Å²) in [6, 6.07) is 1.49. The molecule has 0 bridgehead atoms. The molecule has 0 aliphatic rings. The van der Waals surface area contributed by atoms with Crippen LogP contribution in [-0.4, -0.2) is 42.4 Å². The molecular formula is C14H22N3O6P. The minimum atomic E-state index is -3.27. The molecule has 24 heavy (non-hydrogen) atoms. The molecule has 0 saturated heterocycles. The van der Waals surface area contributed by atoms with Crippen LogP contribution in [0.15, 0.2) is 29.0 Å². The summed E-state index contributed by atoms with van der Waals surface area (Å²) in [5.41, 5.74) is -0.562. The largest absolute Gasteiger partial charge is 0.357 e. The average Bonchev–Trinajstić information content (AvgIpc) is 2.51. The summed E-state index contributed by atoms with van der Waals surface area (Å²) in [7, 11) is -3.27. The predicted molar refractivity (Wildman–Crippen MR) is 88.8 cm³/mol. The first kappa shape index (κ1) is 20.2. The topological polar surface area (TPSA) is 111 Å². The molecule has 0 unspecified atom stereocenters. The fraction of sp³-hybridized carbons (Fsp3) is 0.500. The van der Waals surface area contributed by atoms with Crippen LogP contribution in [0.2, 0.25) is 0 Å². The Labute approximate surface area is 140 Å². The Balaban J connectivity index is 2.60. The van der Waals surface area contributed by atoms with Gasteiger partial charge in [0.05, 0.1) is 19.8 Å². The van der Waals surface area contributed by atoms with Crippen LogP contribution in [0, 0.1) is 0 Å². The van der Waals surface area contributed by atoms with Gasteiger partial charge in [-0.2, -0.15) is 4.98 Å². The number of nitrogens with zero attached hydrogens (tertiary/aromatic N) is 2. The summed E-state index contributed by atoms with van der Waals surface area (Å²) in [5, 5.41) is 0. The molecule has 0 aliphatic heterocycles. The lowest BCUT2D eigenvalue weighted by atomic mass is 10.5. The fourth-order valence-corrected chi connectivity index (χ4v) is 3.01. The summed E-state index contributed by atoms with van der Waals surface area (Å²) in [5.74, 6) is 1.18. The molecular weight excluding hydrogens is 337 g/mol. The molecule has 1 aromatic heterocycles. The van der Waals surface area contributed by atoms with E-state index in [-0.39, 0.29) is 38.3 Å². The number of anilines is 1. The number of H-pyrrole nitrogens is 1. The molecule has 1 aromatic rings. The normalized spacial score (nSPS) is 11.8. The van der Waals surface area contributed by atoms with E-state index in [1.807, 2.05) is 0 Å². The van der Waals surface area contributed by atoms with Crippen molar-refractivity contribution >= 4 is 19.3 Å². The standard InChI is InChI=1S/C14H22N3O6P/c1-4-22-24(20,23-5-2)10-6-9-21-11-17(12(3)18)13-7-8-15-14(19)16-13/h6-8,10H,4-5,9,11H2,1-3H3,(H,15,16,19)/b10-6+. The van der Waals surface area contributed by atoms with Crippen LogP contribution in [0.25, 0.3) is 0 Å². The van der Waals surface area contributed by atoms with Gasteiger partial charge in [0.15, 0.2) is 0 Å². The highest BCUT2D eigenvalue weighted by Crippen LogP contribution is 2.49. The van der Waals surface area contributed by atoms with Gasteiger partial charge in [0.25, 0.3) is 0 Å². The van der Waals surface area contributed by atoms with Crippen LogP contribution in [0.4, 0.5) is 5.82 Å². The van der Waals surface area contributed by atoms with Crippen LogP contribution in [-0.2, 0) is 23.1 Å². The van der Waals surface area contributed by atoms with E-state index >= 15 is 0 Å². The van der Waals surface area contributed by atoms with Gasteiger partial charge < -0.3 is 18.8 Å². The molecule has 0 fully saturated rings. The Morgan fingerprint density at radius 1 is 1.38 bits per heavy atom. The Bertz CT molecular complexity index is 650. The van der Waals surface area contributed by atoms with Gasteiger partial charge in [-0.1, -0.05) is 6.08 Å². The summed E-state index contributed by atoms with van der Waals surface area (Å²) in [4.78, 5) is 30.1. The third kappa shape index (κ3) is 6.76. The number of rotatable bonds is 10. The van der Waals surface area contributed by atoms with Crippen molar-refractivity contribution in [3.8, 4) is 0 Å². The molecule has 1 heterocycles. The maximum Gasteiger partial charge on any atom is 0.353 e. The Morgan fingerprint density at radius 2 is 2.04 bits per heavy atom. The second-order valence-corrected chi connectivity index (χ2v) is 6.35. The maximum atomic E-state index is 12.2. The van der Waals surface area contributed by atoms with Gasteiger partial charge in [-0.25, -0.2) is 4.79 Å². The highest BCUT2D eigenvalue weighted by molar-refractivity contribution is 7.57. The highest BCUT2D eigenvalue weighted by Gasteiger charge is 2.18. The van der Waals surface area contributed by atoms with Crippen molar-refractivity contribution in [1.29, 1.82) is 0 Å². The molecule has 0 radical (unpaired) electrons. The number of hydrogen-bond donors (Lipinski definition) is 1. The summed E-state index contributed by atoms with van der Waals surface area (Å²) in [6.07, 6.45) is 2.89. The Hall–Kier alpha value is -1.80. The first-order chi connectivity index (χ1) is 11.4. The van der Waals surface area contributed by atoms with Gasteiger partial charge in [-0.3, -0.25) is 14.3 Å². The molecule has 0 aliphatic carbocycles. The van der Waals surface area contributed by atoms with Crippen molar-refractivity contribution in [2.75, 3.05) is 31.5 Å². The van der Waals surface area contributed by atoms with E-state index in [1.165, 1.54) is 36.0 Å². The van der Waals surface area contributed by atoms with Gasteiger partial charge in [0.1, 0.15) is 12.5 Å². The minimum Gasteiger partial charge on any atom is -0.357 e. The molecule has 1 amide bonds. The molecule has 10 heteroatoms. The summed E-state index contributed by atoms with van der Waals surface area (Å²) >= 11 is 0. The second-order valence-electron chi connectivity index (χ2n) is 4.46. The number of carbonyl (C=O) groups is 1. The number of ether oxygens (including phenoxy) is 1. The van der Waals surface area contributed by atoms with Crippen LogP contribution in [0.3, 0.4) is 0 Å². The van der Waals surface area contributed by atoms with Crippen LogP contribution in [0.5, 0.6) is 0 Å². The van der Waals surface area contributed by atoms with Crippen molar-refractivity contribution in [1.82, 2.24) is 9.97 Å². The molecule has 0 atom stereocenters.